The maximum atomic E-state index is 6.20. The van der Waals surface area contributed by atoms with E-state index < -0.39 is 0 Å². The molecule has 0 aliphatic carbocycles. The van der Waals surface area contributed by atoms with Crippen molar-refractivity contribution >= 4 is 17.5 Å². The second kappa shape index (κ2) is 7.51. The van der Waals surface area contributed by atoms with E-state index in [-0.39, 0.29) is 6.04 Å². The van der Waals surface area contributed by atoms with Gasteiger partial charge in [-0.05, 0) is 38.3 Å². The molecule has 2 aromatic rings. The maximum Gasteiger partial charge on any atom is 0.229 e. The predicted molar refractivity (Wildman–Crippen MR) is 97.0 cm³/mol. The van der Waals surface area contributed by atoms with Crippen molar-refractivity contribution in [1.29, 1.82) is 0 Å². The Bertz CT molecular complexity index is 689. The van der Waals surface area contributed by atoms with Crippen molar-refractivity contribution in [3.63, 3.8) is 0 Å². The molecule has 1 N–H and O–H groups in total. The minimum atomic E-state index is 0.0408. The minimum absolute atomic E-state index is 0.0408. The quantitative estimate of drug-likeness (QED) is 0.874. The average molecular weight is 324 g/mol. The van der Waals surface area contributed by atoms with Gasteiger partial charge in [0, 0.05) is 36.1 Å². The third-order valence-corrected chi connectivity index (χ3v) is 4.19. The van der Waals surface area contributed by atoms with Gasteiger partial charge in [0.1, 0.15) is 11.6 Å². The van der Waals surface area contributed by atoms with Gasteiger partial charge in [-0.15, -0.1) is 0 Å². The number of rotatable bonds is 6. The summed E-state index contributed by atoms with van der Waals surface area (Å²) in [5, 5.41) is 3.29. The highest BCUT2D eigenvalue weighted by atomic mass is 16.5. The fourth-order valence-corrected chi connectivity index (χ4v) is 2.98. The molecule has 3 rings (SSSR count). The summed E-state index contributed by atoms with van der Waals surface area (Å²) in [4.78, 5) is 11.5. The summed E-state index contributed by atoms with van der Waals surface area (Å²) in [7, 11) is 1.66. The molecule has 0 spiro atoms. The van der Waals surface area contributed by atoms with Crippen molar-refractivity contribution in [3.05, 3.63) is 42.9 Å². The van der Waals surface area contributed by atoms with Crippen LogP contribution in [0.2, 0.25) is 0 Å². The molecule has 0 saturated carbocycles. The molecule has 5 heteroatoms. The van der Waals surface area contributed by atoms with E-state index in [1.165, 1.54) is 0 Å². The summed E-state index contributed by atoms with van der Waals surface area (Å²) in [6.45, 7) is 9.30. The summed E-state index contributed by atoms with van der Waals surface area (Å²) in [6.07, 6.45) is 4.07. The molecule has 126 valence electrons. The van der Waals surface area contributed by atoms with Crippen LogP contribution in [0, 0.1) is 6.92 Å². The van der Waals surface area contributed by atoms with E-state index in [1.54, 1.807) is 7.11 Å². The normalized spacial score (nSPS) is 17.1. The Kier molecular flexibility index (Phi) is 5.18. The average Bonchev–Trinajstić information content (AvgIpc) is 3.01. The van der Waals surface area contributed by atoms with Gasteiger partial charge in [-0.25, -0.2) is 4.98 Å². The standard InChI is InChI=1S/C19H24N4O/c1-4-7-15-13-18(23-11-6-8-14(23)2)22-19(20-15)21-16-9-5-10-17(12-16)24-3/h2,5,9-10,12-14H,4,6-8,11H2,1,3H3,(H,20,21,22)/t14-/m0/s1. The largest absolute Gasteiger partial charge is 0.497 e. The van der Waals surface area contributed by atoms with Crippen LogP contribution in [-0.4, -0.2) is 29.7 Å². The summed E-state index contributed by atoms with van der Waals surface area (Å²) in [5.41, 5.74) is 1.94. The van der Waals surface area contributed by atoms with Crippen LogP contribution in [0.5, 0.6) is 5.75 Å². The third kappa shape index (κ3) is 3.78. The van der Waals surface area contributed by atoms with E-state index in [0.29, 0.717) is 5.95 Å². The lowest BCUT2D eigenvalue weighted by Gasteiger charge is -2.23. The number of anilines is 3. The van der Waals surface area contributed by atoms with E-state index in [9.17, 15) is 0 Å². The van der Waals surface area contributed by atoms with Crippen LogP contribution in [0.15, 0.2) is 30.3 Å². The van der Waals surface area contributed by atoms with Gasteiger partial charge in [-0.3, -0.25) is 0 Å². The first-order valence-electron chi connectivity index (χ1n) is 8.51. The van der Waals surface area contributed by atoms with Crippen molar-refractivity contribution in [2.75, 3.05) is 23.9 Å². The first kappa shape index (κ1) is 16.6. The number of methoxy groups -OCH3 is 1. The molecule has 5 nitrogen and oxygen atoms in total. The number of ether oxygens (including phenoxy) is 1. The summed E-state index contributed by atoms with van der Waals surface area (Å²) < 4.78 is 5.27. The highest BCUT2D eigenvalue weighted by Crippen LogP contribution is 2.26. The molecule has 1 aromatic heterocycles. The molecule has 0 amide bonds. The van der Waals surface area contributed by atoms with E-state index in [1.807, 2.05) is 24.3 Å². The fraction of sp³-hybridized carbons (Fsp3) is 0.421. The smallest absolute Gasteiger partial charge is 0.229 e. The van der Waals surface area contributed by atoms with Gasteiger partial charge in [0.05, 0.1) is 7.11 Å². The molecule has 1 fully saturated rings. The van der Waals surface area contributed by atoms with Crippen LogP contribution in [0.25, 0.3) is 0 Å². The first-order valence-corrected chi connectivity index (χ1v) is 8.51. The Morgan fingerprint density at radius 3 is 2.92 bits per heavy atom. The molecule has 1 aromatic carbocycles. The molecule has 1 aliphatic rings. The monoisotopic (exact) mass is 324 g/mol. The maximum absolute atomic E-state index is 6.20. The van der Waals surface area contributed by atoms with Crippen molar-refractivity contribution < 1.29 is 4.74 Å². The number of benzene rings is 1. The minimum Gasteiger partial charge on any atom is -0.497 e. The molecular weight excluding hydrogens is 300 g/mol. The zero-order valence-corrected chi connectivity index (χ0v) is 14.3. The second-order valence-corrected chi connectivity index (χ2v) is 6.05. The number of nitrogens with one attached hydrogen (secondary N) is 1. The molecular formula is C19H24N4O. The van der Waals surface area contributed by atoms with Gasteiger partial charge in [-0.2, -0.15) is 4.98 Å². The SMILES string of the molecule is [CH][C@H]1CCCN1c1cc(CCC)nc(Nc2cccc(OC)c2)n1. The van der Waals surface area contributed by atoms with Crippen molar-refractivity contribution in [1.82, 2.24) is 9.97 Å². The number of aryl methyl sites for hydroxylation is 1. The molecule has 0 unspecified atom stereocenters. The van der Waals surface area contributed by atoms with Gasteiger partial charge in [0.25, 0.3) is 0 Å². The molecule has 2 heterocycles. The van der Waals surface area contributed by atoms with Crippen molar-refractivity contribution in [3.8, 4) is 5.75 Å². The van der Waals surface area contributed by atoms with Crippen LogP contribution in [0.3, 0.4) is 0 Å². The Labute approximate surface area is 144 Å². The second-order valence-electron chi connectivity index (χ2n) is 6.05. The van der Waals surface area contributed by atoms with E-state index in [4.69, 9.17) is 11.7 Å². The van der Waals surface area contributed by atoms with Crippen molar-refractivity contribution in [2.24, 2.45) is 0 Å². The summed E-state index contributed by atoms with van der Waals surface area (Å²) in [5.74, 6) is 2.30. The van der Waals surface area contributed by atoms with Gasteiger partial charge in [0.2, 0.25) is 5.95 Å². The highest BCUT2D eigenvalue weighted by molar-refractivity contribution is 5.58. The Balaban J connectivity index is 1.89. The zero-order valence-electron chi connectivity index (χ0n) is 14.3. The summed E-state index contributed by atoms with van der Waals surface area (Å²) in [6, 6.07) is 9.85. The topological polar surface area (TPSA) is 50.3 Å². The number of hydrogen-bond donors (Lipinski definition) is 1. The van der Waals surface area contributed by atoms with Gasteiger partial charge >= 0.3 is 0 Å². The lowest BCUT2D eigenvalue weighted by atomic mass is 10.2. The van der Waals surface area contributed by atoms with E-state index in [2.05, 4.69) is 33.2 Å². The lowest BCUT2D eigenvalue weighted by Crippen LogP contribution is -2.28. The van der Waals surface area contributed by atoms with Crippen LogP contribution in [0.1, 0.15) is 31.9 Å². The van der Waals surface area contributed by atoms with Gasteiger partial charge in [-0.1, -0.05) is 19.4 Å². The van der Waals surface area contributed by atoms with Crippen molar-refractivity contribution in [2.45, 2.75) is 38.6 Å². The van der Waals surface area contributed by atoms with Gasteiger partial charge in [0.15, 0.2) is 0 Å². The Hall–Kier alpha value is -2.30. The lowest BCUT2D eigenvalue weighted by molar-refractivity contribution is 0.415. The number of aromatic nitrogens is 2. The zero-order chi connectivity index (χ0) is 16.9. The molecule has 1 atom stereocenters. The number of hydrogen-bond acceptors (Lipinski definition) is 5. The number of nitrogens with zero attached hydrogens (tertiary/aromatic N) is 3. The summed E-state index contributed by atoms with van der Waals surface area (Å²) >= 11 is 0. The Morgan fingerprint density at radius 2 is 2.21 bits per heavy atom. The highest BCUT2D eigenvalue weighted by Gasteiger charge is 2.23. The van der Waals surface area contributed by atoms with Crippen LogP contribution in [-0.2, 0) is 6.42 Å². The Morgan fingerprint density at radius 1 is 1.33 bits per heavy atom. The van der Waals surface area contributed by atoms with E-state index in [0.717, 1.165) is 55.2 Å². The predicted octanol–water partition coefficient (Wildman–Crippen LogP) is 3.86. The molecule has 1 aliphatic heterocycles. The van der Waals surface area contributed by atoms with E-state index >= 15 is 0 Å². The van der Waals surface area contributed by atoms with Gasteiger partial charge < -0.3 is 15.0 Å². The molecule has 24 heavy (non-hydrogen) atoms. The molecule has 1 saturated heterocycles. The van der Waals surface area contributed by atoms with Crippen LogP contribution >= 0.6 is 0 Å². The first-order chi connectivity index (χ1) is 11.7. The molecule has 2 radical (unpaired) electrons. The van der Waals surface area contributed by atoms with Crippen LogP contribution in [0.4, 0.5) is 17.5 Å². The fourth-order valence-electron chi connectivity index (χ4n) is 2.98. The van der Waals surface area contributed by atoms with Crippen LogP contribution < -0.4 is 15.0 Å². The third-order valence-electron chi connectivity index (χ3n) is 4.19. The molecule has 0 bridgehead atoms.